The molecule has 3 nitrogen and oxygen atoms in total. The molecule has 4 atom stereocenters. The summed E-state index contributed by atoms with van der Waals surface area (Å²) < 4.78 is 0. The Morgan fingerprint density at radius 3 is 2.36 bits per heavy atom. The molecule has 2 aliphatic rings. The number of aliphatic hydroxyl groups is 1. The molecule has 2 fully saturated rings. The first-order valence-electron chi connectivity index (χ1n) is 4.16. The van der Waals surface area contributed by atoms with Crippen molar-refractivity contribution in [3.05, 3.63) is 0 Å². The summed E-state index contributed by atoms with van der Waals surface area (Å²) in [5.74, 6) is 0.623. The van der Waals surface area contributed by atoms with E-state index in [0.717, 1.165) is 19.3 Å². The molecular weight excluding hydrogens is 142 g/mol. The number of carbonyl (C=O) groups excluding carboxylic acids is 1. The highest BCUT2D eigenvalue weighted by Crippen LogP contribution is 2.48. The lowest BCUT2D eigenvalue weighted by Gasteiger charge is -2.21. The van der Waals surface area contributed by atoms with Crippen molar-refractivity contribution in [2.24, 2.45) is 23.5 Å². The van der Waals surface area contributed by atoms with Crippen LogP contribution in [0.15, 0.2) is 0 Å². The molecule has 0 aromatic carbocycles. The maximum atomic E-state index is 10.8. The van der Waals surface area contributed by atoms with Crippen LogP contribution in [0, 0.1) is 17.8 Å². The van der Waals surface area contributed by atoms with Crippen molar-refractivity contribution in [1.29, 1.82) is 0 Å². The third kappa shape index (κ3) is 0.948. The van der Waals surface area contributed by atoms with Crippen LogP contribution in [0.1, 0.15) is 19.3 Å². The molecule has 0 spiro atoms. The van der Waals surface area contributed by atoms with Crippen LogP contribution >= 0.6 is 0 Å². The van der Waals surface area contributed by atoms with Crippen molar-refractivity contribution in [3.8, 4) is 0 Å². The van der Waals surface area contributed by atoms with Gasteiger partial charge in [-0.1, -0.05) is 0 Å². The second kappa shape index (κ2) is 2.21. The average molecular weight is 155 g/mol. The smallest absolute Gasteiger partial charge is 0.220 e. The minimum atomic E-state index is -0.176. The summed E-state index contributed by atoms with van der Waals surface area (Å²) in [5.41, 5.74) is 5.21. The molecule has 1 amide bonds. The lowest BCUT2D eigenvalue weighted by Crippen LogP contribution is -2.31. The van der Waals surface area contributed by atoms with Crippen LogP contribution in [-0.4, -0.2) is 17.1 Å². The van der Waals surface area contributed by atoms with Gasteiger partial charge in [-0.15, -0.1) is 0 Å². The molecular formula is C8H13NO2. The first-order chi connectivity index (χ1) is 5.18. The van der Waals surface area contributed by atoms with E-state index in [1.807, 2.05) is 0 Å². The number of amides is 1. The van der Waals surface area contributed by atoms with E-state index in [-0.39, 0.29) is 17.9 Å². The molecule has 0 aliphatic heterocycles. The summed E-state index contributed by atoms with van der Waals surface area (Å²) in [7, 11) is 0. The van der Waals surface area contributed by atoms with E-state index in [2.05, 4.69) is 0 Å². The van der Waals surface area contributed by atoms with Gasteiger partial charge in [0, 0.05) is 5.92 Å². The van der Waals surface area contributed by atoms with E-state index >= 15 is 0 Å². The summed E-state index contributed by atoms with van der Waals surface area (Å²) in [4.78, 5) is 10.8. The highest BCUT2D eigenvalue weighted by atomic mass is 16.3. The maximum Gasteiger partial charge on any atom is 0.220 e. The Morgan fingerprint density at radius 2 is 2.00 bits per heavy atom. The lowest BCUT2D eigenvalue weighted by molar-refractivity contribution is -0.123. The first-order valence-corrected chi connectivity index (χ1v) is 4.16. The van der Waals surface area contributed by atoms with Gasteiger partial charge in [0.25, 0.3) is 0 Å². The van der Waals surface area contributed by atoms with Crippen molar-refractivity contribution in [2.75, 3.05) is 0 Å². The molecule has 2 rings (SSSR count). The largest absolute Gasteiger partial charge is 0.393 e. The fourth-order valence-electron chi connectivity index (χ4n) is 2.59. The summed E-state index contributed by atoms with van der Waals surface area (Å²) in [6, 6.07) is 0. The Kier molecular flexibility index (Phi) is 1.42. The van der Waals surface area contributed by atoms with Crippen LogP contribution in [0.25, 0.3) is 0 Å². The van der Waals surface area contributed by atoms with Gasteiger partial charge < -0.3 is 10.8 Å². The van der Waals surface area contributed by atoms with Gasteiger partial charge in [-0.05, 0) is 31.1 Å². The number of fused-ring (bicyclic) bond motifs is 2. The summed E-state index contributed by atoms with van der Waals surface area (Å²) >= 11 is 0. The molecule has 2 aliphatic carbocycles. The number of aliphatic hydroxyl groups excluding tert-OH is 1. The minimum Gasteiger partial charge on any atom is -0.393 e. The van der Waals surface area contributed by atoms with Gasteiger partial charge in [0.2, 0.25) is 5.91 Å². The molecule has 62 valence electrons. The van der Waals surface area contributed by atoms with Crippen molar-refractivity contribution in [2.45, 2.75) is 25.4 Å². The SMILES string of the molecule is NC(=O)C1CC2CC1CC2O. The molecule has 2 saturated carbocycles. The monoisotopic (exact) mass is 155 g/mol. The second-order valence-electron chi connectivity index (χ2n) is 3.80. The van der Waals surface area contributed by atoms with Gasteiger partial charge in [0.05, 0.1) is 6.10 Å². The predicted molar refractivity (Wildman–Crippen MR) is 39.5 cm³/mol. The summed E-state index contributed by atoms with van der Waals surface area (Å²) in [6.07, 6.45) is 2.46. The Morgan fingerprint density at radius 1 is 1.27 bits per heavy atom. The quantitative estimate of drug-likeness (QED) is 0.554. The van der Waals surface area contributed by atoms with Crippen LogP contribution in [0.2, 0.25) is 0 Å². The standard InChI is InChI=1S/C8H13NO2/c9-8(11)6-2-5-1-4(6)3-7(5)10/h4-7,10H,1-3H2,(H2,9,11). The third-order valence-corrected chi connectivity index (χ3v) is 3.19. The molecule has 0 heterocycles. The average Bonchev–Trinajstić information content (AvgIpc) is 2.43. The second-order valence-corrected chi connectivity index (χ2v) is 3.80. The molecule has 3 heteroatoms. The van der Waals surface area contributed by atoms with Gasteiger partial charge in [-0.3, -0.25) is 4.79 Å². The highest BCUT2D eigenvalue weighted by Gasteiger charge is 2.47. The van der Waals surface area contributed by atoms with Crippen LogP contribution in [0.4, 0.5) is 0 Å². The van der Waals surface area contributed by atoms with Gasteiger partial charge in [-0.2, -0.15) is 0 Å². The van der Waals surface area contributed by atoms with E-state index in [4.69, 9.17) is 5.73 Å². The number of nitrogens with two attached hydrogens (primary N) is 1. The van der Waals surface area contributed by atoms with Gasteiger partial charge in [0.15, 0.2) is 0 Å². The Labute approximate surface area is 65.6 Å². The Hall–Kier alpha value is -0.570. The van der Waals surface area contributed by atoms with E-state index in [1.54, 1.807) is 0 Å². The van der Waals surface area contributed by atoms with Gasteiger partial charge >= 0.3 is 0 Å². The van der Waals surface area contributed by atoms with Crippen LogP contribution in [0.5, 0.6) is 0 Å². The number of rotatable bonds is 1. The fraction of sp³-hybridized carbons (Fsp3) is 0.875. The normalized spacial score (nSPS) is 48.1. The van der Waals surface area contributed by atoms with Crippen molar-refractivity contribution in [1.82, 2.24) is 0 Å². The van der Waals surface area contributed by atoms with Gasteiger partial charge in [0.1, 0.15) is 0 Å². The van der Waals surface area contributed by atoms with Crippen molar-refractivity contribution < 1.29 is 9.90 Å². The zero-order valence-electron chi connectivity index (χ0n) is 6.36. The van der Waals surface area contributed by atoms with E-state index < -0.39 is 0 Å². The molecule has 11 heavy (non-hydrogen) atoms. The van der Waals surface area contributed by atoms with Crippen molar-refractivity contribution in [3.63, 3.8) is 0 Å². The molecule has 0 saturated heterocycles. The highest BCUT2D eigenvalue weighted by molar-refractivity contribution is 5.77. The van der Waals surface area contributed by atoms with E-state index in [1.165, 1.54) is 0 Å². The van der Waals surface area contributed by atoms with Crippen molar-refractivity contribution >= 4 is 5.91 Å². The minimum absolute atomic E-state index is 0.0587. The van der Waals surface area contributed by atoms with E-state index in [0.29, 0.717) is 11.8 Å². The number of hydrogen-bond donors (Lipinski definition) is 2. The summed E-state index contributed by atoms with van der Waals surface area (Å²) in [5, 5.41) is 9.37. The lowest BCUT2D eigenvalue weighted by atomic mass is 9.87. The molecule has 0 aromatic rings. The predicted octanol–water partition coefficient (Wildman–Crippen LogP) is -0.121. The summed E-state index contributed by atoms with van der Waals surface area (Å²) in [6.45, 7) is 0. The maximum absolute atomic E-state index is 10.8. The Balaban J connectivity index is 2.08. The van der Waals surface area contributed by atoms with Crippen LogP contribution in [-0.2, 0) is 4.79 Å². The van der Waals surface area contributed by atoms with Gasteiger partial charge in [-0.25, -0.2) is 0 Å². The number of hydrogen-bond acceptors (Lipinski definition) is 2. The molecule has 4 unspecified atom stereocenters. The molecule has 0 aromatic heterocycles. The van der Waals surface area contributed by atoms with E-state index in [9.17, 15) is 9.90 Å². The number of carbonyl (C=O) groups is 1. The zero-order valence-corrected chi connectivity index (χ0v) is 6.36. The topological polar surface area (TPSA) is 63.3 Å². The molecule has 3 N–H and O–H groups in total. The van der Waals surface area contributed by atoms with Crippen LogP contribution in [0.3, 0.4) is 0 Å². The Bertz CT molecular complexity index is 191. The zero-order chi connectivity index (χ0) is 8.01. The molecule has 2 bridgehead atoms. The fourth-order valence-corrected chi connectivity index (χ4v) is 2.59. The molecule has 0 radical (unpaired) electrons. The van der Waals surface area contributed by atoms with Crippen LogP contribution < -0.4 is 5.73 Å². The number of primary amides is 1. The third-order valence-electron chi connectivity index (χ3n) is 3.19. The first kappa shape index (κ1) is 7.10.